The predicted octanol–water partition coefficient (Wildman–Crippen LogP) is 1.80. The van der Waals surface area contributed by atoms with Crippen LogP contribution >= 0.6 is 0 Å². The van der Waals surface area contributed by atoms with Crippen LogP contribution < -0.4 is 10.5 Å². The lowest BCUT2D eigenvalue weighted by Crippen LogP contribution is -2.15. The molecule has 0 radical (unpaired) electrons. The first-order chi connectivity index (χ1) is 10.3. The number of sulfonamides is 1. The van der Waals surface area contributed by atoms with Gasteiger partial charge < -0.3 is 5.73 Å². The lowest BCUT2D eigenvalue weighted by molar-refractivity contribution is -0.117. The number of anilines is 1. The highest BCUT2D eigenvalue weighted by Gasteiger charge is 2.12. The van der Waals surface area contributed by atoms with Gasteiger partial charge in [-0.3, -0.25) is 9.52 Å². The minimum absolute atomic E-state index is 0.0998. The van der Waals surface area contributed by atoms with E-state index in [9.17, 15) is 17.6 Å². The van der Waals surface area contributed by atoms with Gasteiger partial charge >= 0.3 is 0 Å². The zero-order valence-corrected chi connectivity index (χ0v) is 12.4. The maximum Gasteiger partial charge on any atom is 0.236 e. The molecule has 0 aliphatic rings. The van der Waals surface area contributed by atoms with Gasteiger partial charge in [-0.2, -0.15) is 0 Å². The first-order valence-electron chi connectivity index (χ1n) is 6.46. The van der Waals surface area contributed by atoms with Crippen LogP contribution in [0.3, 0.4) is 0 Å². The zero-order valence-electron chi connectivity index (χ0n) is 11.6. The molecule has 2 aromatic carbocycles. The van der Waals surface area contributed by atoms with E-state index < -0.39 is 21.7 Å². The molecule has 0 heterocycles. The third-order valence-corrected chi connectivity index (χ3v) is 4.14. The number of hydrogen-bond donors (Lipinski definition) is 2. The SMILES string of the molecule is NC(=O)Cc1ccc(NS(=O)(=O)Cc2ccc(F)cc2)cc1. The Kier molecular flexibility index (Phi) is 4.77. The van der Waals surface area contributed by atoms with Crippen LogP contribution in [0, 0.1) is 5.82 Å². The molecular weight excluding hydrogens is 307 g/mol. The normalized spacial score (nSPS) is 11.1. The molecule has 0 fully saturated rings. The van der Waals surface area contributed by atoms with Crippen molar-refractivity contribution in [1.82, 2.24) is 0 Å². The molecule has 0 aliphatic heterocycles. The van der Waals surface area contributed by atoms with Crippen LogP contribution in [0.25, 0.3) is 0 Å². The summed E-state index contributed by atoms with van der Waals surface area (Å²) >= 11 is 0. The lowest BCUT2D eigenvalue weighted by Gasteiger charge is -2.09. The minimum Gasteiger partial charge on any atom is -0.369 e. The van der Waals surface area contributed by atoms with Crippen molar-refractivity contribution >= 4 is 21.6 Å². The molecule has 116 valence electrons. The van der Waals surface area contributed by atoms with Crippen molar-refractivity contribution in [2.75, 3.05) is 4.72 Å². The number of carbonyl (C=O) groups is 1. The van der Waals surface area contributed by atoms with Crippen LogP contribution in [0.5, 0.6) is 0 Å². The quantitative estimate of drug-likeness (QED) is 0.850. The molecule has 22 heavy (non-hydrogen) atoms. The van der Waals surface area contributed by atoms with E-state index in [0.29, 0.717) is 16.8 Å². The molecule has 0 unspecified atom stereocenters. The molecule has 2 rings (SSSR count). The van der Waals surface area contributed by atoms with E-state index >= 15 is 0 Å². The Morgan fingerprint density at radius 3 is 2.09 bits per heavy atom. The summed E-state index contributed by atoms with van der Waals surface area (Å²) in [6, 6.07) is 11.6. The van der Waals surface area contributed by atoms with Gasteiger partial charge in [0.15, 0.2) is 0 Å². The van der Waals surface area contributed by atoms with Gasteiger partial charge in [-0.1, -0.05) is 24.3 Å². The first-order valence-corrected chi connectivity index (χ1v) is 8.11. The van der Waals surface area contributed by atoms with Crippen molar-refractivity contribution in [3.05, 3.63) is 65.5 Å². The third kappa shape index (κ3) is 4.85. The minimum atomic E-state index is -3.60. The highest BCUT2D eigenvalue weighted by atomic mass is 32.2. The van der Waals surface area contributed by atoms with Crippen LogP contribution in [0.15, 0.2) is 48.5 Å². The van der Waals surface area contributed by atoms with Crippen LogP contribution in [-0.2, 0) is 27.0 Å². The predicted molar refractivity (Wildman–Crippen MR) is 82.0 cm³/mol. The molecule has 2 aromatic rings. The van der Waals surface area contributed by atoms with Crippen molar-refractivity contribution in [3.8, 4) is 0 Å². The van der Waals surface area contributed by atoms with E-state index in [4.69, 9.17) is 5.73 Å². The number of amides is 1. The largest absolute Gasteiger partial charge is 0.369 e. The number of nitrogens with one attached hydrogen (secondary N) is 1. The van der Waals surface area contributed by atoms with Crippen molar-refractivity contribution in [3.63, 3.8) is 0 Å². The molecule has 0 saturated carbocycles. The highest BCUT2D eigenvalue weighted by molar-refractivity contribution is 7.91. The Balaban J connectivity index is 2.05. The van der Waals surface area contributed by atoms with E-state index in [1.165, 1.54) is 24.3 Å². The molecule has 0 bridgehead atoms. The molecule has 0 aliphatic carbocycles. The summed E-state index contributed by atoms with van der Waals surface area (Å²) in [6.07, 6.45) is 0.0998. The molecule has 7 heteroatoms. The van der Waals surface area contributed by atoms with Crippen LogP contribution in [0.2, 0.25) is 0 Å². The molecule has 0 atom stereocenters. The van der Waals surface area contributed by atoms with Gasteiger partial charge in [-0.05, 0) is 35.4 Å². The molecule has 0 aromatic heterocycles. The summed E-state index contributed by atoms with van der Waals surface area (Å²) in [5.41, 5.74) is 6.66. The Bertz CT molecular complexity index is 756. The van der Waals surface area contributed by atoms with Gasteiger partial charge in [0.25, 0.3) is 0 Å². The average molecular weight is 322 g/mol. The average Bonchev–Trinajstić information content (AvgIpc) is 2.42. The summed E-state index contributed by atoms with van der Waals surface area (Å²) in [7, 11) is -3.60. The Hall–Kier alpha value is -2.41. The third-order valence-electron chi connectivity index (χ3n) is 2.88. The second kappa shape index (κ2) is 6.57. The van der Waals surface area contributed by atoms with Crippen LogP contribution in [-0.4, -0.2) is 14.3 Å². The molecule has 0 saturated heterocycles. The smallest absolute Gasteiger partial charge is 0.236 e. The fourth-order valence-electron chi connectivity index (χ4n) is 1.91. The molecule has 3 N–H and O–H groups in total. The number of nitrogens with two attached hydrogens (primary N) is 1. The van der Waals surface area contributed by atoms with Gasteiger partial charge in [0.1, 0.15) is 5.82 Å². The van der Waals surface area contributed by atoms with Gasteiger partial charge in [-0.25, -0.2) is 12.8 Å². The molecule has 0 spiro atoms. The van der Waals surface area contributed by atoms with Gasteiger partial charge in [0.2, 0.25) is 15.9 Å². The summed E-state index contributed by atoms with van der Waals surface area (Å²) < 4.78 is 39.3. The highest BCUT2D eigenvalue weighted by Crippen LogP contribution is 2.14. The van der Waals surface area contributed by atoms with E-state index in [1.54, 1.807) is 24.3 Å². The van der Waals surface area contributed by atoms with Crippen molar-refractivity contribution < 1.29 is 17.6 Å². The molecule has 1 amide bonds. The van der Waals surface area contributed by atoms with Crippen LogP contribution in [0.1, 0.15) is 11.1 Å². The summed E-state index contributed by atoms with van der Waals surface area (Å²) in [5, 5.41) is 0. The number of rotatable bonds is 6. The monoisotopic (exact) mass is 322 g/mol. The number of halogens is 1. The van der Waals surface area contributed by atoms with Crippen molar-refractivity contribution in [1.29, 1.82) is 0 Å². The number of primary amides is 1. The maximum absolute atomic E-state index is 12.8. The summed E-state index contributed by atoms with van der Waals surface area (Å²) in [6.45, 7) is 0. The number of carbonyl (C=O) groups excluding carboxylic acids is 1. The lowest BCUT2D eigenvalue weighted by atomic mass is 10.1. The topological polar surface area (TPSA) is 89.3 Å². The van der Waals surface area contributed by atoms with E-state index in [1.807, 2.05) is 0 Å². The van der Waals surface area contributed by atoms with Crippen molar-refractivity contribution in [2.24, 2.45) is 5.73 Å². The number of benzene rings is 2. The second-order valence-electron chi connectivity index (χ2n) is 4.83. The van der Waals surface area contributed by atoms with Gasteiger partial charge in [0, 0.05) is 5.69 Å². The first kappa shape index (κ1) is 16.0. The Labute approximate surface area is 128 Å². The standard InChI is InChI=1S/C15H15FN2O3S/c16-13-5-1-12(2-6-13)10-22(20,21)18-14-7-3-11(4-8-14)9-15(17)19/h1-8,18H,9-10H2,(H2,17,19). The van der Waals surface area contributed by atoms with Gasteiger partial charge in [0.05, 0.1) is 12.2 Å². The molecular formula is C15H15FN2O3S. The number of hydrogen-bond acceptors (Lipinski definition) is 3. The van der Waals surface area contributed by atoms with Crippen LogP contribution in [0.4, 0.5) is 10.1 Å². The zero-order chi connectivity index (χ0) is 16.2. The fraction of sp³-hybridized carbons (Fsp3) is 0.133. The summed E-state index contributed by atoms with van der Waals surface area (Å²) in [4.78, 5) is 10.8. The van der Waals surface area contributed by atoms with E-state index in [0.717, 1.165) is 0 Å². The maximum atomic E-state index is 12.8. The van der Waals surface area contributed by atoms with Gasteiger partial charge in [-0.15, -0.1) is 0 Å². The second-order valence-corrected chi connectivity index (χ2v) is 6.55. The fourth-order valence-corrected chi connectivity index (χ4v) is 3.11. The van der Waals surface area contributed by atoms with E-state index in [-0.39, 0.29) is 12.2 Å². The Morgan fingerprint density at radius 1 is 1.00 bits per heavy atom. The summed E-state index contributed by atoms with van der Waals surface area (Å²) in [5.74, 6) is -1.13. The van der Waals surface area contributed by atoms with Crippen molar-refractivity contribution in [2.45, 2.75) is 12.2 Å². The Morgan fingerprint density at radius 2 is 1.55 bits per heavy atom. The van der Waals surface area contributed by atoms with E-state index in [2.05, 4.69) is 4.72 Å². The molecule has 5 nitrogen and oxygen atoms in total.